The Kier molecular flexibility index (Phi) is 9.14. The van der Waals surface area contributed by atoms with Crippen LogP contribution in [-0.2, 0) is 29.6 Å². The number of unbranched alkanes of at least 4 members (excludes halogenated alkanes) is 3. The third-order valence-electron chi connectivity index (χ3n) is 9.59. The Morgan fingerprint density at radius 3 is 2.61 bits per heavy atom. The molecule has 0 spiro atoms. The molecular formula is C35H39FN10O5. The van der Waals surface area contributed by atoms with Crippen molar-refractivity contribution in [2.45, 2.75) is 76.2 Å². The second-order valence-corrected chi connectivity index (χ2v) is 13.1. The topological polar surface area (TPSA) is 178 Å². The zero-order chi connectivity index (χ0) is 35.8. The summed E-state index contributed by atoms with van der Waals surface area (Å²) in [5, 5.41) is 15.9. The van der Waals surface area contributed by atoms with Crippen molar-refractivity contribution in [2.24, 2.45) is 7.05 Å². The fraction of sp³-hybridized carbons (Fsp3) is 0.400. The van der Waals surface area contributed by atoms with Crippen LogP contribution in [0.15, 0.2) is 58.3 Å². The minimum Gasteiger partial charge on any atom is -0.385 e. The fourth-order valence-electron chi connectivity index (χ4n) is 6.81. The van der Waals surface area contributed by atoms with Gasteiger partial charge in [-0.25, -0.2) is 18.7 Å². The highest BCUT2D eigenvalue weighted by Crippen LogP contribution is 2.28. The number of fused-ring (bicyclic) bond motifs is 2. The van der Waals surface area contributed by atoms with E-state index in [2.05, 4.69) is 31.3 Å². The number of pyridine rings is 1. The number of carbonyl (C=O) groups is 3. The van der Waals surface area contributed by atoms with Crippen LogP contribution in [0.25, 0.3) is 16.7 Å². The molecule has 2 fully saturated rings. The molecule has 3 atom stereocenters. The maximum absolute atomic E-state index is 13.4. The van der Waals surface area contributed by atoms with Gasteiger partial charge in [0.1, 0.15) is 18.0 Å². The molecule has 2 aliphatic rings. The number of rotatable bonds is 13. The molecule has 0 radical (unpaired) electrons. The Morgan fingerprint density at radius 1 is 1.06 bits per heavy atom. The van der Waals surface area contributed by atoms with Crippen LogP contribution in [0.3, 0.4) is 0 Å². The molecule has 1 saturated carbocycles. The van der Waals surface area contributed by atoms with E-state index in [1.54, 1.807) is 41.4 Å². The van der Waals surface area contributed by atoms with Gasteiger partial charge in [-0.3, -0.25) is 38.2 Å². The number of imidazole rings is 2. The predicted molar refractivity (Wildman–Crippen MR) is 188 cm³/mol. The lowest BCUT2D eigenvalue weighted by atomic mass is 10.0. The maximum Gasteiger partial charge on any atom is 0.329 e. The molecule has 1 unspecified atom stereocenters. The third kappa shape index (κ3) is 6.60. The molecule has 266 valence electrons. The molecule has 0 bridgehead atoms. The van der Waals surface area contributed by atoms with Crippen LogP contribution >= 0.6 is 0 Å². The molecule has 5 aromatic rings. The summed E-state index contributed by atoms with van der Waals surface area (Å²) >= 11 is 0. The monoisotopic (exact) mass is 698 g/mol. The summed E-state index contributed by atoms with van der Waals surface area (Å²) in [5.41, 5.74) is 3.21. The average molecular weight is 699 g/mol. The molecule has 1 aromatic carbocycles. The normalized spacial score (nSPS) is 18.6. The van der Waals surface area contributed by atoms with Gasteiger partial charge in [-0.1, -0.05) is 31.0 Å². The van der Waals surface area contributed by atoms with Crippen LogP contribution < -0.4 is 32.5 Å². The van der Waals surface area contributed by atoms with E-state index in [4.69, 9.17) is 0 Å². The van der Waals surface area contributed by atoms with Gasteiger partial charge in [0.2, 0.25) is 11.8 Å². The van der Waals surface area contributed by atoms with Crippen LogP contribution in [0.5, 0.6) is 0 Å². The fourth-order valence-corrected chi connectivity index (χ4v) is 6.81. The van der Waals surface area contributed by atoms with E-state index < -0.39 is 30.1 Å². The number of carbonyl (C=O) groups excluding carboxylic acids is 3. The van der Waals surface area contributed by atoms with Crippen molar-refractivity contribution in [2.75, 3.05) is 17.7 Å². The van der Waals surface area contributed by atoms with E-state index in [1.807, 2.05) is 18.2 Å². The summed E-state index contributed by atoms with van der Waals surface area (Å²) in [7, 11) is 3.43. The Morgan fingerprint density at radius 2 is 1.84 bits per heavy atom. The molecule has 4 aromatic heterocycles. The lowest BCUT2D eigenvalue weighted by molar-refractivity contribution is -0.135. The molecule has 3 amide bonds. The maximum atomic E-state index is 13.4. The van der Waals surface area contributed by atoms with Gasteiger partial charge < -0.3 is 16.0 Å². The number of nitrogens with zero attached hydrogens (tertiary/aromatic N) is 6. The molecule has 1 saturated heterocycles. The number of anilines is 3. The van der Waals surface area contributed by atoms with Crippen molar-refractivity contribution < 1.29 is 18.8 Å². The number of hydrogen-bond acceptors (Lipinski definition) is 9. The minimum atomic E-state index is -1.04. The van der Waals surface area contributed by atoms with Crippen LogP contribution in [0.2, 0.25) is 0 Å². The number of aromatic nitrogens is 6. The zero-order valence-electron chi connectivity index (χ0n) is 28.3. The highest BCUT2D eigenvalue weighted by Gasteiger charge is 2.39. The molecular weight excluding hydrogens is 659 g/mol. The Bertz CT molecular complexity index is 2290. The summed E-state index contributed by atoms with van der Waals surface area (Å²) in [6.45, 7) is 0.465. The molecule has 51 heavy (non-hydrogen) atoms. The van der Waals surface area contributed by atoms with Crippen molar-refractivity contribution in [3.63, 3.8) is 0 Å². The third-order valence-corrected chi connectivity index (χ3v) is 9.59. The first-order valence-corrected chi connectivity index (χ1v) is 17.2. The number of piperidine rings is 1. The minimum absolute atomic E-state index is 0.167. The van der Waals surface area contributed by atoms with E-state index in [0.717, 1.165) is 43.2 Å². The zero-order valence-corrected chi connectivity index (χ0v) is 28.3. The van der Waals surface area contributed by atoms with Gasteiger partial charge in [0.15, 0.2) is 17.2 Å². The van der Waals surface area contributed by atoms with E-state index >= 15 is 0 Å². The number of nitrogens with one attached hydrogen (secondary N) is 4. The predicted octanol–water partition coefficient (Wildman–Crippen LogP) is 2.95. The van der Waals surface area contributed by atoms with Gasteiger partial charge in [0, 0.05) is 45.6 Å². The highest BCUT2D eigenvalue weighted by atomic mass is 19.1. The van der Waals surface area contributed by atoms with Crippen molar-refractivity contribution in [3.8, 4) is 0 Å². The van der Waals surface area contributed by atoms with Crippen molar-refractivity contribution in [3.05, 3.63) is 80.8 Å². The van der Waals surface area contributed by atoms with Gasteiger partial charge in [-0.15, -0.1) is 5.10 Å². The first kappa shape index (κ1) is 33.7. The number of aryl methyl sites for hydroxylation is 2. The number of halogens is 1. The first-order valence-electron chi connectivity index (χ1n) is 17.2. The summed E-state index contributed by atoms with van der Waals surface area (Å²) in [6, 6.07) is 11.2. The number of imide groups is 1. The number of benzene rings is 1. The van der Waals surface area contributed by atoms with E-state index in [-0.39, 0.29) is 42.1 Å². The molecule has 15 nitrogen and oxygen atoms in total. The van der Waals surface area contributed by atoms with E-state index in [9.17, 15) is 28.4 Å². The molecule has 16 heteroatoms. The van der Waals surface area contributed by atoms with E-state index in [1.165, 1.54) is 21.3 Å². The van der Waals surface area contributed by atoms with Gasteiger partial charge in [-0.2, -0.15) is 0 Å². The molecule has 4 N–H and O–H groups in total. The second-order valence-electron chi connectivity index (χ2n) is 13.1. The van der Waals surface area contributed by atoms with Crippen molar-refractivity contribution in [1.29, 1.82) is 0 Å². The SMILES string of the molecule is CNc1cc(Nc2cccc(=O)n2CCCCCCc2cccc3c2n(C)c(=O)n3C2CCC(=O)NC2=O)nn2c(C(=O)N[C@@H]3C[C@@H]3F)cnc12. The highest BCUT2D eigenvalue weighted by molar-refractivity contribution is 6.00. The van der Waals surface area contributed by atoms with Crippen LogP contribution in [0, 0.1) is 0 Å². The Hall–Kier alpha value is -5.80. The Balaban J connectivity index is 0.999. The van der Waals surface area contributed by atoms with Gasteiger partial charge in [-0.05, 0) is 43.4 Å². The summed E-state index contributed by atoms with van der Waals surface area (Å²) in [6.07, 6.45) is 5.19. The lowest BCUT2D eigenvalue weighted by Gasteiger charge is -2.22. The molecule has 1 aliphatic heterocycles. The summed E-state index contributed by atoms with van der Waals surface area (Å²) < 4.78 is 19.5. The quantitative estimate of drug-likeness (QED) is 0.106. The Labute approximate surface area is 290 Å². The standard InChI is InChI=1S/C35H39FN10O5/c1-37-23-18-27(42-46-26(19-38-32(23)46)34(50)39-22-17-21(22)36)40-28-12-8-13-30(48)44(28)16-6-4-3-5-9-20-10-7-11-24-31(20)43(2)35(51)45(24)25-14-15-29(47)41-33(25)49/h7-8,10-13,18-19,21-22,25,37H,3-6,9,14-17H2,1-2H3,(H,39,50)(H,40,42)(H,41,47,49)/t21-,22+,25?/m0/s1. The van der Waals surface area contributed by atoms with Crippen LogP contribution in [0.1, 0.15) is 67.0 Å². The first-order chi connectivity index (χ1) is 24.6. The number of alkyl halides is 1. The summed E-state index contributed by atoms with van der Waals surface area (Å²) in [5.74, 6) is -0.340. The largest absolute Gasteiger partial charge is 0.385 e. The van der Waals surface area contributed by atoms with Crippen molar-refractivity contribution in [1.82, 2.24) is 38.9 Å². The van der Waals surface area contributed by atoms with Crippen LogP contribution in [0.4, 0.5) is 21.7 Å². The number of amides is 3. The number of hydrogen-bond donors (Lipinski definition) is 4. The average Bonchev–Trinajstić information content (AvgIpc) is 3.51. The van der Waals surface area contributed by atoms with Gasteiger partial charge in [0.05, 0.1) is 29.0 Å². The molecule has 1 aliphatic carbocycles. The van der Waals surface area contributed by atoms with Gasteiger partial charge in [0.25, 0.3) is 11.5 Å². The summed E-state index contributed by atoms with van der Waals surface area (Å²) in [4.78, 5) is 67.6. The smallest absolute Gasteiger partial charge is 0.329 e. The molecule has 7 rings (SSSR count). The lowest BCUT2D eigenvalue weighted by Crippen LogP contribution is -2.44. The second kappa shape index (κ2) is 13.8. The van der Waals surface area contributed by atoms with Crippen LogP contribution in [-0.4, -0.2) is 65.3 Å². The van der Waals surface area contributed by atoms with E-state index in [0.29, 0.717) is 35.0 Å². The van der Waals surface area contributed by atoms with Gasteiger partial charge >= 0.3 is 5.69 Å². The number of para-hydroxylation sites is 1. The molecule has 5 heterocycles. The van der Waals surface area contributed by atoms with Crippen molar-refractivity contribution >= 4 is 51.7 Å².